The second-order valence-corrected chi connectivity index (χ2v) is 29.1. The van der Waals surface area contributed by atoms with Gasteiger partial charge in [0.05, 0.1) is 26.4 Å². The lowest BCUT2D eigenvalue weighted by atomic mass is 10.0. The maximum atomic E-state index is 13.0. The standard InChI is InChI=1S/C70H136O17P2/c1-7-9-11-13-15-17-18-19-20-21-22-23-26-31-35-42-48-54-69(74)86-65(58-81-68(73)53-47-41-34-30-27-24-25-29-32-38-44-50-62(3)4)60-84-88(76,77)82-56-64(71)57-83-89(78,79)85-61-66(87-70(75)55-49-43-37-36-39-45-51-63(5)6)59-80-67(72)52-46-40-33-28-16-14-12-10-8-2/h62-66,71H,7-61H2,1-6H3,(H,76,77)(H,78,79)/t64-,65-,66-/m1/s1. The highest BCUT2D eigenvalue weighted by Gasteiger charge is 2.30. The Labute approximate surface area is 543 Å². The fraction of sp³-hybridized carbons (Fsp3) is 0.943. The van der Waals surface area contributed by atoms with E-state index in [0.29, 0.717) is 31.6 Å². The molecule has 0 fully saturated rings. The Morgan fingerprint density at radius 3 is 0.764 bits per heavy atom. The number of hydrogen-bond donors (Lipinski definition) is 3. The number of phosphoric acid groups is 2. The third-order valence-electron chi connectivity index (χ3n) is 16.2. The Morgan fingerprint density at radius 1 is 0.303 bits per heavy atom. The molecular weight excluding hydrogens is 1170 g/mol. The van der Waals surface area contributed by atoms with Crippen molar-refractivity contribution in [2.75, 3.05) is 39.6 Å². The van der Waals surface area contributed by atoms with Crippen molar-refractivity contribution in [1.29, 1.82) is 0 Å². The van der Waals surface area contributed by atoms with E-state index >= 15 is 0 Å². The second-order valence-electron chi connectivity index (χ2n) is 26.2. The molecule has 0 spiro atoms. The highest BCUT2D eigenvalue weighted by molar-refractivity contribution is 7.47. The van der Waals surface area contributed by atoms with Gasteiger partial charge >= 0.3 is 39.5 Å². The Morgan fingerprint density at radius 2 is 0.517 bits per heavy atom. The molecule has 0 radical (unpaired) electrons. The van der Waals surface area contributed by atoms with Crippen LogP contribution < -0.4 is 0 Å². The SMILES string of the molecule is CCCCCCCCCCCCCCCCCCCC(=O)O[C@H](COC(=O)CCCCCCCCCCCCCC(C)C)COP(=O)(O)OC[C@@H](O)COP(=O)(O)OC[C@@H](COC(=O)CCCCCCCCCCC)OC(=O)CCCCCCCCC(C)C. The van der Waals surface area contributed by atoms with Gasteiger partial charge in [-0.25, -0.2) is 9.13 Å². The largest absolute Gasteiger partial charge is 0.472 e. The van der Waals surface area contributed by atoms with Gasteiger partial charge in [-0.3, -0.25) is 37.3 Å². The number of hydrogen-bond acceptors (Lipinski definition) is 15. The number of phosphoric ester groups is 2. The van der Waals surface area contributed by atoms with Crippen LogP contribution in [0.4, 0.5) is 0 Å². The molecule has 19 heteroatoms. The average Bonchev–Trinajstić information content (AvgIpc) is 3.60. The van der Waals surface area contributed by atoms with Crippen molar-refractivity contribution in [3.63, 3.8) is 0 Å². The minimum Gasteiger partial charge on any atom is -0.462 e. The normalized spacial score (nSPS) is 14.1. The van der Waals surface area contributed by atoms with Crippen LogP contribution in [0, 0.1) is 11.8 Å². The second kappa shape index (κ2) is 62.2. The van der Waals surface area contributed by atoms with Crippen LogP contribution in [0.3, 0.4) is 0 Å². The van der Waals surface area contributed by atoms with E-state index in [1.54, 1.807) is 0 Å². The van der Waals surface area contributed by atoms with Gasteiger partial charge in [0, 0.05) is 25.7 Å². The zero-order chi connectivity index (χ0) is 65.7. The molecule has 0 aromatic carbocycles. The van der Waals surface area contributed by atoms with Crippen LogP contribution >= 0.6 is 15.6 Å². The van der Waals surface area contributed by atoms with Crippen molar-refractivity contribution in [2.24, 2.45) is 11.8 Å². The molecule has 0 aliphatic heterocycles. The van der Waals surface area contributed by atoms with Crippen LogP contribution in [-0.4, -0.2) is 96.7 Å². The van der Waals surface area contributed by atoms with Crippen molar-refractivity contribution >= 4 is 39.5 Å². The number of aliphatic hydroxyl groups is 1. The summed E-state index contributed by atoms with van der Waals surface area (Å²) in [5.41, 5.74) is 0. The number of ether oxygens (including phenoxy) is 4. The number of rotatable bonds is 69. The number of aliphatic hydroxyl groups excluding tert-OH is 1. The molecule has 0 rings (SSSR count). The van der Waals surface area contributed by atoms with Gasteiger partial charge in [-0.15, -0.1) is 0 Å². The topological polar surface area (TPSA) is 237 Å². The predicted molar refractivity (Wildman–Crippen MR) is 358 cm³/mol. The summed E-state index contributed by atoms with van der Waals surface area (Å²) in [5.74, 6) is -0.688. The van der Waals surface area contributed by atoms with Gasteiger partial charge in [0.2, 0.25) is 0 Å². The molecular formula is C70H136O17P2. The predicted octanol–water partition coefficient (Wildman–Crippen LogP) is 20.0. The van der Waals surface area contributed by atoms with Crippen LogP contribution in [0.25, 0.3) is 0 Å². The highest BCUT2D eigenvalue weighted by atomic mass is 31.2. The molecule has 2 unspecified atom stereocenters. The summed E-state index contributed by atoms with van der Waals surface area (Å²) in [6, 6.07) is 0. The molecule has 0 bridgehead atoms. The summed E-state index contributed by atoms with van der Waals surface area (Å²) in [5, 5.41) is 10.6. The van der Waals surface area contributed by atoms with Crippen molar-refractivity contribution in [3.8, 4) is 0 Å². The summed E-state index contributed by atoms with van der Waals surface area (Å²) < 4.78 is 68.2. The summed E-state index contributed by atoms with van der Waals surface area (Å²) in [6.07, 6.45) is 47.4. The summed E-state index contributed by atoms with van der Waals surface area (Å²) in [6.45, 7) is 9.45. The third-order valence-corrected chi connectivity index (χ3v) is 18.1. The van der Waals surface area contributed by atoms with Gasteiger partial charge in [0.15, 0.2) is 12.2 Å². The van der Waals surface area contributed by atoms with E-state index in [-0.39, 0.29) is 25.7 Å². The molecule has 0 heterocycles. The first-order valence-electron chi connectivity index (χ1n) is 36.5. The van der Waals surface area contributed by atoms with Crippen LogP contribution in [0.5, 0.6) is 0 Å². The highest BCUT2D eigenvalue weighted by Crippen LogP contribution is 2.45. The van der Waals surface area contributed by atoms with E-state index in [1.165, 1.54) is 173 Å². The first kappa shape index (κ1) is 87.1. The molecule has 0 saturated carbocycles. The molecule has 3 N–H and O–H groups in total. The van der Waals surface area contributed by atoms with E-state index in [4.69, 9.17) is 37.0 Å². The monoisotopic (exact) mass is 1310 g/mol. The molecule has 0 aromatic rings. The molecule has 528 valence electrons. The number of esters is 4. The number of unbranched alkanes of at least 4 members (excludes halogenated alkanes) is 39. The minimum absolute atomic E-state index is 0.102. The average molecular weight is 1310 g/mol. The first-order valence-corrected chi connectivity index (χ1v) is 39.5. The lowest BCUT2D eigenvalue weighted by Crippen LogP contribution is -2.30. The summed E-state index contributed by atoms with van der Waals surface area (Å²) in [4.78, 5) is 72.4. The fourth-order valence-electron chi connectivity index (χ4n) is 10.6. The van der Waals surface area contributed by atoms with E-state index in [9.17, 15) is 43.2 Å². The van der Waals surface area contributed by atoms with Crippen LogP contribution in [0.2, 0.25) is 0 Å². The van der Waals surface area contributed by atoms with Gasteiger partial charge in [-0.1, -0.05) is 305 Å². The van der Waals surface area contributed by atoms with E-state index < -0.39 is 97.5 Å². The molecule has 0 aliphatic carbocycles. The first-order chi connectivity index (χ1) is 42.9. The lowest BCUT2D eigenvalue weighted by molar-refractivity contribution is -0.161. The zero-order valence-electron chi connectivity index (χ0n) is 57.7. The Bertz CT molecular complexity index is 1730. The molecule has 0 amide bonds. The number of carbonyl (C=O) groups excluding carboxylic acids is 4. The van der Waals surface area contributed by atoms with E-state index in [1.807, 2.05) is 0 Å². The molecule has 0 aliphatic rings. The molecule has 89 heavy (non-hydrogen) atoms. The van der Waals surface area contributed by atoms with E-state index in [0.717, 1.165) is 95.8 Å². The Kier molecular flexibility index (Phi) is 60.8. The number of carbonyl (C=O) groups is 4. The Balaban J connectivity index is 5.21. The maximum absolute atomic E-state index is 13.0. The van der Waals surface area contributed by atoms with Crippen LogP contribution in [0.1, 0.15) is 356 Å². The van der Waals surface area contributed by atoms with Gasteiger partial charge in [-0.2, -0.15) is 0 Å². The maximum Gasteiger partial charge on any atom is 0.472 e. The van der Waals surface area contributed by atoms with Gasteiger partial charge in [-0.05, 0) is 37.5 Å². The molecule has 5 atom stereocenters. The summed E-state index contributed by atoms with van der Waals surface area (Å²) in [7, 11) is -9.90. The van der Waals surface area contributed by atoms with Gasteiger partial charge in [0.25, 0.3) is 0 Å². The van der Waals surface area contributed by atoms with Crippen molar-refractivity contribution in [1.82, 2.24) is 0 Å². The van der Waals surface area contributed by atoms with Gasteiger partial charge in [0.1, 0.15) is 19.3 Å². The quantitative estimate of drug-likeness (QED) is 0.0222. The molecule has 0 aromatic heterocycles. The van der Waals surface area contributed by atoms with Crippen molar-refractivity contribution in [2.45, 2.75) is 374 Å². The Hall–Kier alpha value is -1.94. The van der Waals surface area contributed by atoms with Crippen LogP contribution in [0.15, 0.2) is 0 Å². The van der Waals surface area contributed by atoms with Crippen molar-refractivity contribution in [3.05, 3.63) is 0 Å². The van der Waals surface area contributed by atoms with Crippen molar-refractivity contribution < 1.29 is 80.2 Å². The third kappa shape index (κ3) is 64.6. The van der Waals surface area contributed by atoms with Crippen LogP contribution in [-0.2, 0) is 65.4 Å². The summed E-state index contributed by atoms with van der Waals surface area (Å²) >= 11 is 0. The smallest absolute Gasteiger partial charge is 0.462 e. The fourth-order valence-corrected chi connectivity index (χ4v) is 12.2. The lowest BCUT2D eigenvalue weighted by Gasteiger charge is -2.21. The van der Waals surface area contributed by atoms with Gasteiger partial charge < -0.3 is 33.8 Å². The molecule has 17 nitrogen and oxygen atoms in total. The minimum atomic E-state index is -4.95. The molecule has 0 saturated heterocycles. The van der Waals surface area contributed by atoms with E-state index in [2.05, 4.69) is 41.5 Å². The zero-order valence-corrected chi connectivity index (χ0v) is 59.5.